The van der Waals surface area contributed by atoms with Gasteiger partial charge in [-0.05, 0) is 24.1 Å². The van der Waals surface area contributed by atoms with E-state index in [2.05, 4.69) is 9.97 Å². The highest BCUT2D eigenvalue weighted by molar-refractivity contribution is 5.74. The molecule has 0 amide bonds. The fourth-order valence-electron chi connectivity index (χ4n) is 1.36. The minimum Gasteiger partial charge on any atom is -0.396 e. The summed E-state index contributed by atoms with van der Waals surface area (Å²) >= 11 is 0. The third-order valence-electron chi connectivity index (χ3n) is 1.98. The summed E-state index contributed by atoms with van der Waals surface area (Å²) in [4.78, 5) is 16.2. The van der Waals surface area contributed by atoms with Crippen LogP contribution in [0.25, 0.3) is 11.0 Å². The molecule has 0 bridgehead atoms. The summed E-state index contributed by atoms with van der Waals surface area (Å²) in [5, 5.41) is 8.72. The summed E-state index contributed by atoms with van der Waals surface area (Å²) in [5.74, 6) is 0. The van der Waals surface area contributed by atoms with Gasteiger partial charge in [-0.2, -0.15) is 0 Å². The predicted octanol–water partition coefficient (Wildman–Crippen LogP) is 0.391. The number of nitrogens with one attached hydrogen (secondary N) is 2. The van der Waals surface area contributed by atoms with Crippen LogP contribution in [-0.2, 0) is 6.42 Å². The summed E-state index contributed by atoms with van der Waals surface area (Å²) in [5.41, 5.74) is 2.41. The van der Waals surface area contributed by atoms with Crippen molar-refractivity contribution in [2.75, 3.05) is 6.61 Å². The largest absolute Gasteiger partial charge is 0.396 e. The number of imidazole rings is 1. The number of aromatic amines is 2. The number of fused-ring (bicyclic) bond motifs is 1. The van der Waals surface area contributed by atoms with Gasteiger partial charge in [0.2, 0.25) is 0 Å². The van der Waals surface area contributed by atoms with E-state index in [1.54, 1.807) is 0 Å². The van der Waals surface area contributed by atoms with Gasteiger partial charge in [0, 0.05) is 6.61 Å². The number of H-pyrrole nitrogens is 2. The van der Waals surface area contributed by atoms with Gasteiger partial charge < -0.3 is 15.1 Å². The zero-order valence-electron chi connectivity index (χ0n) is 7.00. The summed E-state index contributed by atoms with van der Waals surface area (Å²) in [6, 6.07) is 5.59. The maximum absolute atomic E-state index is 10.9. The Morgan fingerprint density at radius 3 is 2.77 bits per heavy atom. The Kier molecular flexibility index (Phi) is 1.90. The quantitative estimate of drug-likeness (QED) is 0.622. The fraction of sp³-hybridized carbons (Fsp3) is 0.222. The molecule has 1 aromatic heterocycles. The van der Waals surface area contributed by atoms with Crippen molar-refractivity contribution in [1.29, 1.82) is 0 Å². The monoisotopic (exact) mass is 178 g/mol. The lowest BCUT2D eigenvalue weighted by atomic mass is 10.1. The minimum atomic E-state index is -0.198. The van der Waals surface area contributed by atoms with Gasteiger partial charge in [-0.1, -0.05) is 6.07 Å². The van der Waals surface area contributed by atoms with Gasteiger partial charge in [-0.15, -0.1) is 0 Å². The minimum absolute atomic E-state index is 0.125. The number of aliphatic hydroxyl groups excluding tert-OH is 1. The summed E-state index contributed by atoms with van der Waals surface area (Å²) in [6.07, 6.45) is 0.614. The van der Waals surface area contributed by atoms with E-state index in [0.717, 1.165) is 16.6 Å². The molecule has 0 unspecified atom stereocenters. The first kappa shape index (κ1) is 8.07. The van der Waals surface area contributed by atoms with Crippen molar-refractivity contribution in [2.24, 2.45) is 0 Å². The molecule has 0 aliphatic heterocycles. The van der Waals surface area contributed by atoms with Gasteiger partial charge in [0.05, 0.1) is 11.0 Å². The van der Waals surface area contributed by atoms with Gasteiger partial charge in [0.1, 0.15) is 0 Å². The number of rotatable bonds is 2. The molecule has 0 radical (unpaired) electrons. The molecule has 1 aromatic carbocycles. The zero-order chi connectivity index (χ0) is 9.26. The molecule has 0 saturated heterocycles. The van der Waals surface area contributed by atoms with E-state index < -0.39 is 0 Å². The molecule has 2 rings (SSSR count). The highest BCUT2D eigenvalue weighted by atomic mass is 16.2. The third kappa shape index (κ3) is 1.48. The molecule has 4 nitrogen and oxygen atoms in total. The van der Waals surface area contributed by atoms with Crippen LogP contribution in [0.4, 0.5) is 0 Å². The Hall–Kier alpha value is -1.55. The Bertz CT molecular complexity index is 470. The van der Waals surface area contributed by atoms with Crippen molar-refractivity contribution >= 4 is 11.0 Å². The Balaban J connectivity index is 2.54. The second kappa shape index (κ2) is 3.06. The van der Waals surface area contributed by atoms with Crippen LogP contribution in [0.2, 0.25) is 0 Å². The van der Waals surface area contributed by atoms with E-state index in [1.807, 2.05) is 18.2 Å². The molecule has 0 atom stereocenters. The number of aliphatic hydroxyl groups is 1. The molecule has 2 aromatic rings. The van der Waals surface area contributed by atoms with Gasteiger partial charge in [0.25, 0.3) is 0 Å². The molecule has 1 heterocycles. The maximum Gasteiger partial charge on any atom is 0.323 e. The van der Waals surface area contributed by atoms with Crippen LogP contribution < -0.4 is 5.69 Å². The molecule has 13 heavy (non-hydrogen) atoms. The first-order valence-electron chi connectivity index (χ1n) is 4.11. The van der Waals surface area contributed by atoms with Gasteiger partial charge in [-0.25, -0.2) is 4.79 Å². The zero-order valence-corrected chi connectivity index (χ0v) is 7.00. The molecule has 3 N–H and O–H groups in total. The van der Waals surface area contributed by atoms with Crippen molar-refractivity contribution in [3.05, 3.63) is 34.2 Å². The highest BCUT2D eigenvalue weighted by Gasteiger charge is 1.98. The van der Waals surface area contributed by atoms with Crippen molar-refractivity contribution in [3.8, 4) is 0 Å². The third-order valence-corrected chi connectivity index (χ3v) is 1.98. The van der Waals surface area contributed by atoms with E-state index in [0.29, 0.717) is 6.42 Å². The topological polar surface area (TPSA) is 68.9 Å². The van der Waals surface area contributed by atoms with Crippen LogP contribution in [0, 0.1) is 0 Å². The van der Waals surface area contributed by atoms with Crippen molar-refractivity contribution < 1.29 is 5.11 Å². The molecular formula is C9H10N2O2. The fourth-order valence-corrected chi connectivity index (χ4v) is 1.36. The Morgan fingerprint density at radius 1 is 1.23 bits per heavy atom. The normalized spacial score (nSPS) is 10.8. The van der Waals surface area contributed by atoms with Crippen LogP contribution in [0.1, 0.15) is 5.56 Å². The van der Waals surface area contributed by atoms with E-state index in [4.69, 9.17) is 5.11 Å². The Morgan fingerprint density at radius 2 is 2.00 bits per heavy atom. The lowest BCUT2D eigenvalue weighted by molar-refractivity contribution is 0.299. The van der Waals surface area contributed by atoms with Crippen molar-refractivity contribution in [1.82, 2.24) is 9.97 Å². The van der Waals surface area contributed by atoms with Crippen LogP contribution in [-0.4, -0.2) is 21.7 Å². The van der Waals surface area contributed by atoms with Crippen LogP contribution in [0.5, 0.6) is 0 Å². The second-order valence-corrected chi connectivity index (χ2v) is 2.93. The smallest absolute Gasteiger partial charge is 0.323 e. The van der Waals surface area contributed by atoms with Crippen LogP contribution >= 0.6 is 0 Å². The predicted molar refractivity (Wildman–Crippen MR) is 49.7 cm³/mol. The number of aromatic nitrogens is 2. The molecule has 0 aliphatic carbocycles. The molecule has 0 spiro atoms. The number of hydrogen-bond donors (Lipinski definition) is 3. The maximum atomic E-state index is 10.9. The molecule has 68 valence electrons. The van der Waals surface area contributed by atoms with Crippen molar-refractivity contribution in [3.63, 3.8) is 0 Å². The van der Waals surface area contributed by atoms with Crippen LogP contribution in [0.3, 0.4) is 0 Å². The molecule has 4 heteroatoms. The van der Waals surface area contributed by atoms with Gasteiger partial charge in [-0.3, -0.25) is 0 Å². The highest BCUT2D eigenvalue weighted by Crippen LogP contribution is 2.10. The lowest BCUT2D eigenvalue weighted by Crippen LogP contribution is -1.99. The Labute approximate surface area is 74.2 Å². The van der Waals surface area contributed by atoms with Crippen molar-refractivity contribution in [2.45, 2.75) is 6.42 Å². The summed E-state index contributed by atoms with van der Waals surface area (Å²) in [6.45, 7) is 0.125. The van der Waals surface area contributed by atoms with E-state index in [-0.39, 0.29) is 12.3 Å². The standard InChI is InChI=1S/C9H10N2O2/c12-4-3-6-1-2-7-8(5-6)11-9(13)10-7/h1-2,5,12H,3-4H2,(H2,10,11,13). The molecule has 0 aliphatic rings. The SMILES string of the molecule is O=c1[nH]c2ccc(CCO)cc2[nH]1. The molecule has 0 fully saturated rings. The second-order valence-electron chi connectivity index (χ2n) is 2.93. The van der Waals surface area contributed by atoms with E-state index in [9.17, 15) is 4.79 Å². The van der Waals surface area contributed by atoms with Crippen LogP contribution in [0.15, 0.2) is 23.0 Å². The van der Waals surface area contributed by atoms with Gasteiger partial charge >= 0.3 is 5.69 Å². The average Bonchev–Trinajstić information content (AvgIpc) is 2.44. The number of benzene rings is 1. The summed E-state index contributed by atoms with van der Waals surface area (Å²) in [7, 11) is 0. The number of hydrogen-bond acceptors (Lipinski definition) is 2. The summed E-state index contributed by atoms with van der Waals surface area (Å²) < 4.78 is 0. The first-order chi connectivity index (χ1) is 6.29. The molecule has 0 saturated carbocycles. The average molecular weight is 178 g/mol. The van der Waals surface area contributed by atoms with E-state index in [1.165, 1.54) is 0 Å². The first-order valence-corrected chi connectivity index (χ1v) is 4.11. The molecular weight excluding hydrogens is 168 g/mol. The lowest BCUT2D eigenvalue weighted by Gasteiger charge is -1.96. The van der Waals surface area contributed by atoms with Gasteiger partial charge in [0.15, 0.2) is 0 Å². The van der Waals surface area contributed by atoms with E-state index >= 15 is 0 Å².